The highest BCUT2D eigenvalue weighted by Gasteiger charge is 2.06. The molecule has 1 aromatic carbocycles. The van der Waals surface area contributed by atoms with Crippen LogP contribution in [0.3, 0.4) is 0 Å². The number of hydrogen-bond acceptors (Lipinski definition) is 3. The van der Waals surface area contributed by atoms with Gasteiger partial charge < -0.3 is 4.84 Å². The maximum absolute atomic E-state index is 12.8. The summed E-state index contributed by atoms with van der Waals surface area (Å²) in [6, 6.07) is 4.15. The second kappa shape index (κ2) is 3.12. The van der Waals surface area contributed by atoms with Crippen molar-refractivity contribution in [3.05, 3.63) is 29.6 Å². The van der Waals surface area contributed by atoms with Gasteiger partial charge in [-0.2, -0.15) is 5.90 Å². The lowest BCUT2D eigenvalue weighted by molar-refractivity contribution is 0.111. The molecule has 0 radical (unpaired) electrons. The van der Waals surface area contributed by atoms with Crippen LogP contribution in [-0.2, 0) is 0 Å². The zero-order valence-corrected chi connectivity index (χ0v) is 5.58. The average molecular weight is 154 g/mol. The lowest BCUT2D eigenvalue weighted by Crippen LogP contribution is -2.04. The highest BCUT2D eigenvalue weighted by Crippen LogP contribution is 2.17. The van der Waals surface area contributed by atoms with Gasteiger partial charge in [-0.15, -0.1) is 0 Å². The number of carbonyl (C=O) groups excluding carboxylic acids is 1. The second-order valence-corrected chi connectivity index (χ2v) is 1.90. The predicted octanol–water partition coefficient (Wildman–Crippen LogP) is 0.891. The molecule has 11 heavy (non-hydrogen) atoms. The van der Waals surface area contributed by atoms with Crippen molar-refractivity contribution >= 4 is 6.29 Å². The number of aldehydes is 1. The number of nitrogens with two attached hydrogens (primary N) is 1. The summed E-state index contributed by atoms with van der Waals surface area (Å²) >= 11 is 0. The van der Waals surface area contributed by atoms with Crippen molar-refractivity contribution in [3.8, 4) is 5.75 Å². The number of benzene rings is 1. The quantitative estimate of drug-likeness (QED) is 0.508. The normalized spacial score (nSPS) is 9.27. The fraction of sp³-hybridized carbons (Fsp3) is 0. The molecule has 4 heteroatoms. The van der Waals surface area contributed by atoms with Gasteiger partial charge in [0.05, 0.1) is 5.56 Å². The Morgan fingerprint density at radius 3 is 2.82 bits per heavy atom. The lowest BCUT2D eigenvalue weighted by atomic mass is 10.2. The van der Waals surface area contributed by atoms with Gasteiger partial charge in [0, 0.05) is 0 Å². The van der Waals surface area contributed by atoms with Gasteiger partial charge in [0.1, 0.15) is 0 Å². The van der Waals surface area contributed by atoms with Gasteiger partial charge in [0.2, 0.25) is 0 Å². The van der Waals surface area contributed by atoms with E-state index in [4.69, 9.17) is 5.90 Å². The van der Waals surface area contributed by atoms with Crippen molar-refractivity contribution in [1.29, 1.82) is 0 Å². The van der Waals surface area contributed by atoms with Crippen LogP contribution in [0.15, 0.2) is 18.2 Å². The van der Waals surface area contributed by atoms with E-state index in [0.29, 0.717) is 6.29 Å². The fourth-order valence-corrected chi connectivity index (χ4v) is 0.710. The van der Waals surface area contributed by atoms with E-state index in [1.807, 2.05) is 0 Å². The first-order valence-electron chi connectivity index (χ1n) is 2.90. The zero-order chi connectivity index (χ0) is 8.27. The first-order valence-corrected chi connectivity index (χ1v) is 2.90. The molecule has 3 nitrogen and oxygen atoms in total. The monoisotopic (exact) mass is 154 g/mol. The predicted molar refractivity (Wildman–Crippen MR) is 36.6 cm³/mol. The summed E-state index contributed by atoms with van der Waals surface area (Å²) in [5, 5.41) is 0. The molecule has 0 atom stereocenters. The molecular weight excluding hydrogens is 148 g/mol. The lowest BCUT2D eigenvalue weighted by Gasteiger charge is -2.00. The molecule has 0 bridgehead atoms. The van der Waals surface area contributed by atoms with E-state index in [2.05, 4.69) is 4.84 Å². The van der Waals surface area contributed by atoms with Crippen LogP contribution in [0, 0.1) is 5.82 Å². The Bertz CT molecular complexity index is 275. The summed E-state index contributed by atoms with van der Waals surface area (Å²) in [5.41, 5.74) is -0.0621. The van der Waals surface area contributed by atoms with E-state index in [9.17, 15) is 9.18 Å². The first kappa shape index (κ1) is 7.68. The third-order valence-corrected chi connectivity index (χ3v) is 1.25. The summed E-state index contributed by atoms with van der Waals surface area (Å²) in [6.07, 6.45) is 0.401. The minimum atomic E-state index is -0.731. The maximum atomic E-state index is 12.8. The molecule has 0 aromatic heterocycles. The van der Waals surface area contributed by atoms with Gasteiger partial charge in [-0.1, -0.05) is 6.07 Å². The molecule has 2 N–H and O–H groups in total. The van der Waals surface area contributed by atoms with E-state index >= 15 is 0 Å². The van der Waals surface area contributed by atoms with E-state index in [0.717, 1.165) is 0 Å². The highest BCUT2D eigenvalue weighted by atomic mass is 18.2. The van der Waals surface area contributed by atoms with Crippen LogP contribution >= 0.6 is 0 Å². The first-order chi connectivity index (χ1) is 5.29. The molecule has 0 unspecified atom stereocenters. The summed E-state index contributed by atoms with van der Waals surface area (Å²) in [6.45, 7) is 0. The zero-order valence-electron chi connectivity index (χ0n) is 5.58. The number of rotatable bonds is 2. The van der Waals surface area contributed by atoms with Crippen molar-refractivity contribution in [2.45, 2.75) is 0 Å². The van der Waals surface area contributed by atoms with Crippen molar-refractivity contribution < 1.29 is 14.0 Å². The van der Waals surface area contributed by atoms with Crippen molar-refractivity contribution in [1.82, 2.24) is 0 Å². The maximum Gasteiger partial charge on any atom is 0.183 e. The molecular formula is C7H6FNO2. The Morgan fingerprint density at radius 2 is 2.27 bits per heavy atom. The fourth-order valence-electron chi connectivity index (χ4n) is 0.710. The molecule has 0 saturated heterocycles. The minimum Gasteiger partial charge on any atom is -0.408 e. The van der Waals surface area contributed by atoms with Gasteiger partial charge in [0.25, 0.3) is 0 Å². The average Bonchev–Trinajstić information content (AvgIpc) is 2.05. The smallest absolute Gasteiger partial charge is 0.183 e. The van der Waals surface area contributed by atoms with Crippen molar-refractivity contribution in [2.75, 3.05) is 0 Å². The summed E-state index contributed by atoms with van der Waals surface area (Å²) in [7, 11) is 0. The molecule has 0 aliphatic carbocycles. The molecule has 0 fully saturated rings. The number of hydrogen-bond donors (Lipinski definition) is 1. The largest absolute Gasteiger partial charge is 0.408 e. The van der Waals surface area contributed by atoms with E-state index < -0.39 is 5.82 Å². The van der Waals surface area contributed by atoms with Crippen LogP contribution in [0.2, 0.25) is 0 Å². The second-order valence-electron chi connectivity index (χ2n) is 1.90. The van der Waals surface area contributed by atoms with Gasteiger partial charge >= 0.3 is 0 Å². The molecule has 0 aliphatic rings. The highest BCUT2D eigenvalue weighted by molar-refractivity contribution is 5.76. The molecule has 1 rings (SSSR count). The van der Waals surface area contributed by atoms with Crippen LogP contribution in [0.4, 0.5) is 4.39 Å². The van der Waals surface area contributed by atoms with Gasteiger partial charge in [-0.05, 0) is 12.1 Å². The van der Waals surface area contributed by atoms with Crippen molar-refractivity contribution in [2.24, 2.45) is 5.90 Å². The van der Waals surface area contributed by atoms with Gasteiger partial charge in [0.15, 0.2) is 17.9 Å². The minimum absolute atomic E-state index is 0.0621. The Labute approximate surface area is 62.5 Å². The molecule has 0 saturated carbocycles. The van der Waals surface area contributed by atoms with Crippen LogP contribution in [-0.4, -0.2) is 6.29 Å². The molecule has 0 heterocycles. The van der Waals surface area contributed by atoms with Crippen LogP contribution < -0.4 is 10.7 Å². The SMILES string of the molecule is NOc1cccc(C=O)c1[18F]. The van der Waals surface area contributed by atoms with Gasteiger partial charge in [-0.3, -0.25) is 4.79 Å². The van der Waals surface area contributed by atoms with Gasteiger partial charge in [-0.25, -0.2) is 4.39 Å². The van der Waals surface area contributed by atoms with E-state index in [-0.39, 0.29) is 11.3 Å². The van der Waals surface area contributed by atoms with Crippen molar-refractivity contribution in [3.63, 3.8) is 0 Å². The Morgan fingerprint density at radius 1 is 1.55 bits per heavy atom. The van der Waals surface area contributed by atoms with E-state index in [1.54, 1.807) is 0 Å². The van der Waals surface area contributed by atoms with Crippen LogP contribution in [0.25, 0.3) is 0 Å². The number of carbonyl (C=O) groups is 1. The molecule has 58 valence electrons. The standard InChI is InChI=1S/C7H6FNO2/c8-7-5(4-10)2-1-3-6(7)11-9/h1-4H,9H2/i8-1. The summed E-state index contributed by atoms with van der Waals surface area (Å²) < 4.78 is 12.8. The summed E-state index contributed by atoms with van der Waals surface area (Å²) in [5.74, 6) is 3.86. The molecule has 0 spiro atoms. The summed E-state index contributed by atoms with van der Waals surface area (Å²) in [4.78, 5) is 14.3. The van der Waals surface area contributed by atoms with E-state index in [1.165, 1.54) is 18.2 Å². The van der Waals surface area contributed by atoms with Crippen LogP contribution in [0.1, 0.15) is 10.4 Å². The topological polar surface area (TPSA) is 52.3 Å². The molecule has 1 aromatic rings. The molecule has 0 amide bonds. The third-order valence-electron chi connectivity index (χ3n) is 1.25. The van der Waals surface area contributed by atoms with Crippen LogP contribution in [0.5, 0.6) is 5.75 Å². The number of halogens is 1. The Hall–Kier alpha value is -1.42. The third kappa shape index (κ3) is 1.35. The molecule has 0 aliphatic heterocycles. The Kier molecular flexibility index (Phi) is 2.18. The Balaban J connectivity index is 3.20.